The van der Waals surface area contributed by atoms with Crippen molar-refractivity contribution in [1.29, 1.82) is 5.26 Å². The van der Waals surface area contributed by atoms with Crippen LogP contribution in [-0.2, 0) is 4.74 Å². The molecule has 0 atom stereocenters. The third-order valence-electron chi connectivity index (χ3n) is 2.27. The maximum atomic E-state index is 8.83. The van der Waals surface area contributed by atoms with Gasteiger partial charge in [0.2, 0.25) is 0 Å². The number of benzene rings is 1. The summed E-state index contributed by atoms with van der Waals surface area (Å²) < 4.78 is 16.3. The predicted octanol–water partition coefficient (Wildman–Crippen LogP) is 2.76. The average molecular weight is 249 g/mol. The van der Waals surface area contributed by atoms with Crippen LogP contribution in [0, 0.1) is 11.3 Å². The van der Waals surface area contributed by atoms with E-state index in [0.29, 0.717) is 36.9 Å². The third kappa shape index (κ3) is 4.64. The zero-order valence-corrected chi connectivity index (χ0v) is 10.9. The van der Waals surface area contributed by atoms with Crippen molar-refractivity contribution in [2.75, 3.05) is 26.4 Å². The van der Waals surface area contributed by atoms with Crippen molar-refractivity contribution in [3.63, 3.8) is 0 Å². The first-order chi connectivity index (χ1) is 8.81. The van der Waals surface area contributed by atoms with Crippen LogP contribution in [0.15, 0.2) is 18.2 Å². The molecule has 0 aliphatic carbocycles. The molecule has 0 heterocycles. The summed E-state index contributed by atoms with van der Waals surface area (Å²) in [6.45, 7) is 6.40. The molecule has 98 valence electrons. The summed E-state index contributed by atoms with van der Waals surface area (Å²) >= 11 is 0. The Bertz CT molecular complexity index is 399. The van der Waals surface area contributed by atoms with Crippen LogP contribution in [0.25, 0.3) is 0 Å². The number of hydrogen-bond acceptors (Lipinski definition) is 4. The molecule has 1 rings (SSSR count). The van der Waals surface area contributed by atoms with Crippen LogP contribution in [0.2, 0.25) is 0 Å². The molecule has 0 aliphatic rings. The van der Waals surface area contributed by atoms with E-state index in [0.717, 1.165) is 13.0 Å². The molecule has 1 aromatic rings. The Labute approximate surface area is 108 Å². The lowest BCUT2D eigenvalue weighted by atomic mass is 10.2. The lowest BCUT2D eigenvalue weighted by molar-refractivity contribution is 0.130. The van der Waals surface area contributed by atoms with Crippen LogP contribution in [0.4, 0.5) is 0 Å². The topological polar surface area (TPSA) is 51.5 Å². The first kappa shape index (κ1) is 14.3. The monoisotopic (exact) mass is 249 g/mol. The molecular formula is C14H19NO3. The first-order valence-electron chi connectivity index (χ1n) is 6.19. The van der Waals surface area contributed by atoms with Gasteiger partial charge in [-0.1, -0.05) is 0 Å². The molecule has 0 bridgehead atoms. The summed E-state index contributed by atoms with van der Waals surface area (Å²) in [5.74, 6) is 1.29. The molecule has 0 aromatic heterocycles. The van der Waals surface area contributed by atoms with E-state index in [4.69, 9.17) is 19.5 Å². The fourth-order valence-electron chi connectivity index (χ4n) is 1.45. The van der Waals surface area contributed by atoms with Crippen molar-refractivity contribution < 1.29 is 14.2 Å². The minimum absolute atomic E-state index is 0.546. The predicted molar refractivity (Wildman–Crippen MR) is 68.9 cm³/mol. The van der Waals surface area contributed by atoms with Gasteiger partial charge < -0.3 is 14.2 Å². The number of ether oxygens (including phenoxy) is 3. The SMILES string of the molecule is CCOCCCOc1ccc(C#N)cc1OCC. The Morgan fingerprint density at radius 1 is 1.06 bits per heavy atom. The molecule has 0 aliphatic heterocycles. The molecule has 0 saturated heterocycles. The number of nitriles is 1. The second kappa shape index (κ2) is 8.37. The van der Waals surface area contributed by atoms with Gasteiger partial charge in [0.1, 0.15) is 0 Å². The highest BCUT2D eigenvalue weighted by Crippen LogP contribution is 2.28. The van der Waals surface area contributed by atoms with Crippen LogP contribution in [0.1, 0.15) is 25.8 Å². The van der Waals surface area contributed by atoms with Crippen molar-refractivity contribution in [2.24, 2.45) is 0 Å². The fraction of sp³-hybridized carbons (Fsp3) is 0.500. The summed E-state index contributed by atoms with van der Waals surface area (Å²) in [6, 6.07) is 7.27. The number of nitrogens with zero attached hydrogens (tertiary/aromatic N) is 1. The summed E-state index contributed by atoms with van der Waals surface area (Å²) in [4.78, 5) is 0. The minimum atomic E-state index is 0.546. The van der Waals surface area contributed by atoms with Crippen LogP contribution in [0.3, 0.4) is 0 Å². The Morgan fingerprint density at radius 2 is 1.89 bits per heavy atom. The fourth-order valence-corrected chi connectivity index (χ4v) is 1.45. The highest BCUT2D eigenvalue weighted by atomic mass is 16.5. The maximum absolute atomic E-state index is 8.83. The molecule has 4 nitrogen and oxygen atoms in total. The number of rotatable bonds is 8. The Morgan fingerprint density at radius 3 is 2.56 bits per heavy atom. The first-order valence-corrected chi connectivity index (χ1v) is 6.19. The largest absolute Gasteiger partial charge is 0.490 e. The van der Waals surface area contributed by atoms with Crippen molar-refractivity contribution in [2.45, 2.75) is 20.3 Å². The molecule has 0 radical (unpaired) electrons. The van der Waals surface area contributed by atoms with Gasteiger partial charge in [0.15, 0.2) is 11.5 Å². The Kier molecular flexibility index (Phi) is 6.67. The lowest BCUT2D eigenvalue weighted by Crippen LogP contribution is -2.04. The van der Waals surface area contributed by atoms with E-state index >= 15 is 0 Å². The standard InChI is InChI=1S/C14H19NO3/c1-3-16-8-5-9-18-13-7-6-12(11-15)10-14(13)17-4-2/h6-7,10H,3-5,8-9H2,1-2H3. The van der Waals surface area contributed by atoms with Crippen molar-refractivity contribution in [3.8, 4) is 17.6 Å². The van der Waals surface area contributed by atoms with Crippen molar-refractivity contribution in [1.82, 2.24) is 0 Å². The van der Waals surface area contributed by atoms with Gasteiger partial charge >= 0.3 is 0 Å². The van der Waals surface area contributed by atoms with E-state index in [1.807, 2.05) is 13.8 Å². The van der Waals surface area contributed by atoms with Crippen LogP contribution >= 0.6 is 0 Å². The summed E-state index contributed by atoms with van der Waals surface area (Å²) in [7, 11) is 0. The van der Waals surface area contributed by atoms with E-state index in [1.165, 1.54) is 0 Å². The van der Waals surface area contributed by atoms with E-state index in [-0.39, 0.29) is 0 Å². The van der Waals surface area contributed by atoms with Gasteiger partial charge in [-0.25, -0.2) is 0 Å². The quantitative estimate of drug-likeness (QED) is 0.665. The van der Waals surface area contributed by atoms with Crippen LogP contribution in [-0.4, -0.2) is 26.4 Å². The highest BCUT2D eigenvalue weighted by Gasteiger charge is 2.06. The normalized spacial score (nSPS) is 9.83. The second-order valence-electron chi connectivity index (χ2n) is 3.61. The van der Waals surface area contributed by atoms with Gasteiger partial charge in [0.25, 0.3) is 0 Å². The third-order valence-corrected chi connectivity index (χ3v) is 2.27. The second-order valence-corrected chi connectivity index (χ2v) is 3.61. The molecule has 0 unspecified atom stereocenters. The Balaban J connectivity index is 2.55. The van der Waals surface area contributed by atoms with E-state index in [9.17, 15) is 0 Å². The summed E-state index contributed by atoms with van der Waals surface area (Å²) in [6.07, 6.45) is 0.833. The molecular weight excluding hydrogens is 230 g/mol. The summed E-state index contributed by atoms with van der Waals surface area (Å²) in [5.41, 5.74) is 0.570. The van der Waals surface area contributed by atoms with Gasteiger partial charge in [-0.3, -0.25) is 0 Å². The minimum Gasteiger partial charge on any atom is -0.490 e. The maximum Gasteiger partial charge on any atom is 0.162 e. The van der Waals surface area contributed by atoms with Gasteiger partial charge in [0, 0.05) is 25.7 Å². The number of hydrogen-bond donors (Lipinski definition) is 0. The molecule has 0 amide bonds. The zero-order chi connectivity index (χ0) is 13.2. The molecule has 4 heteroatoms. The Hall–Kier alpha value is -1.73. The van der Waals surface area contributed by atoms with E-state index in [2.05, 4.69) is 6.07 Å². The van der Waals surface area contributed by atoms with Gasteiger partial charge in [0.05, 0.1) is 24.8 Å². The molecule has 0 saturated carbocycles. The van der Waals surface area contributed by atoms with Gasteiger partial charge in [-0.15, -0.1) is 0 Å². The van der Waals surface area contributed by atoms with Crippen LogP contribution < -0.4 is 9.47 Å². The van der Waals surface area contributed by atoms with Crippen molar-refractivity contribution >= 4 is 0 Å². The molecule has 0 fully saturated rings. The smallest absolute Gasteiger partial charge is 0.162 e. The molecule has 18 heavy (non-hydrogen) atoms. The zero-order valence-electron chi connectivity index (χ0n) is 10.9. The molecule has 0 N–H and O–H groups in total. The summed E-state index contributed by atoms with van der Waals surface area (Å²) in [5, 5.41) is 8.83. The molecule has 1 aromatic carbocycles. The van der Waals surface area contributed by atoms with E-state index < -0.39 is 0 Å². The lowest BCUT2D eigenvalue weighted by Gasteiger charge is -2.12. The highest BCUT2D eigenvalue weighted by molar-refractivity contribution is 5.46. The van der Waals surface area contributed by atoms with Crippen LogP contribution in [0.5, 0.6) is 11.5 Å². The molecule has 0 spiro atoms. The van der Waals surface area contributed by atoms with Gasteiger partial charge in [-0.2, -0.15) is 5.26 Å². The van der Waals surface area contributed by atoms with E-state index in [1.54, 1.807) is 18.2 Å². The average Bonchev–Trinajstić information content (AvgIpc) is 2.40. The van der Waals surface area contributed by atoms with Crippen molar-refractivity contribution in [3.05, 3.63) is 23.8 Å². The van der Waals surface area contributed by atoms with Gasteiger partial charge in [-0.05, 0) is 26.0 Å².